The number of rotatable bonds is 5. The van der Waals surface area contributed by atoms with E-state index in [0.29, 0.717) is 13.0 Å². The Morgan fingerprint density at radius 1 is 1.40 bits per heavy atom. The molecule has 0 bridgehead atoms. The third kappa shape index (κ3) is 5.13. The van der Waals surface area contributed by atoms with Crippen molar-refractivity contribution >= 4 is 15.7 Å². The Hall–Kier alpha value is -0.620. The molecule has 6 heteroatoms. The Morgan fingerprint density at radius 3 is 2.20 bits per heavy atom. The number of carbonyl (C=O) groups excluding carboxylic acids is 1. The van der Waals surface area contributed by atoms with Gasteiger partial charge in [0.15, 0.2) is 9.84 Å². The van der Waals surface area contributed by atoms with Crippen molar-refractivity contribution in [2.24, 2.45) is 0 Å². The lowest BCUT2D eigenvalue weighted by atomic mass is 10.2. The van der Waals surface area contributed by atoms with Crippen molar-refractivity contribution in [1.29, 1.82) is 0 Å². The SMILES string of the molecule is CC(O)CCN(C)C(=O)C(C)S(C)(=O)=O. The third-order valence-electron chi connectivity index (χ3n) is 2.25. The summed E-state index contributed by atoms with van der Waals surface area (Å²) in [6, 6.07) is 0. The van der Waals surface area contributed by atoms with Crippen molar-refractivity contribution in [2.45, 2.75) is 31.6 Å². The Bertz CT molecular complexity index is 310. The minimum Gasteiger partial charge on any atom is -0.393 e. The highest BCUT2D eigenvalue weighted by molar-refractivity contribution is 7.92. The highest BCUT2D eigenvalue weighted by atomic mass is 32.2. The van der Waals surface area contributed by atoms with Crippen LogP contribution in [0.1, 0.15) is 20.3 Å². The van der Waals surface area contributed by atoms with Gasteiger partial charge in [-0.25, -0.2) is 8.42 Å². The van der Waals surface area contributed by atoms with Gasteiger partial charge < -0.3 is 10.0 Å². The van der Waals surface area contributed by atoms with Gasteiger partial charge in [-0.1, -0.05) is 0 Å². The molecule has 90 valence electrons. The highest BCUT2D eigenvalue weighted by Gasteiger charge is 2.26. The van der Waals surface area contributed by atoms with Crippen molar-refractivity contribution in [2.75, 3.05) is 19.8 Å². The fourth-order valence-corrected chi connectivity index (χ4v) is 1.53. The van der Waals surface area contributed by atoms with Crippen LogP contribution in [0, 0.1) is 0 Å². The van der Waals surface area contributed by atoms with Crippen LogP contribution in [-0.2, 0) is 14.6 Å². The summed E-state index contributed by atoms with van der Waals surface area (Å²) in [5.74, 6) is -0.432. The molecule has 0 aromatic heterocycles. The van der Waals surface area contributed by atoms with Crippen molar-refractivity contribution < 1.29 is 18.3 Å². The highest BCUT2D eigenvalue weighted by Crippen LogP contribution is 2.04. The van der Waals surface area contributed by atoms with Gasteiger partial charge in [0, 0.05) is 19.8 Å². The van der Waals surface area contributed by atoms with Crippen molar-refractivity contribution in [3.63, 3.8) is 0 Å². The molecular weight excluding hydrogens is 218 g/mol. The molecule has 0 radical (unpaired) electrons. The van der Waals surface area contributed by atoms with Crippen LogP contribution in [0.25, 0.3) is 0 Å². The normalized spacial score (nSPS) is 15.8. The average molecular weight is 237 g/mol. The summed E-state index contributed by atoms with van der Waals surface area (Å²) in [6.07, 6.45) is 0.991. The van der Waals surface area contributed by atoms with Crippen LogP contribution in [-0.4, -0.2) is 55.5 Å². The van der Waals surface area contributed by atoms with E-state index in [1.165, 1.54) is 18.9 Å². The topological polar surface area (TPSA) is 74.7 Å². The van der Waals surface area contributed by atoms with Crippen LogP contribution in [0.4, 0.5) is 0 Å². The molecule has 0 rings (SSSR count). The molecule has 0 aliphatic carbocycles. The Kier molecular flexibility index (Phi) is 5.23. The zero-order valence-electron chi connectivity index (χ0n) is 9.60. The van der Waals surface area contributed by atoms with E-state index in [0.717, 1.165) is 6.26 Å². The molecule has 1 amide bonds. The maximum absolute atomic E-state index is 11.6. The van der Waals surface area contributed by atoms with Crippen LogP contribution in [0.5, 0.6) is 0 Å². The lowest BCUT2D eigenvalue weighted by Gasteiger charge is -2.20. The van der Waals surface area contributed by atoms with Crippen LogP contribution >= 0.6 is 0 Å². The summed E-state index contributed by atoms with van der Waals surface area (Å²) >= 11 is 0. The minimum atomic E-state index is -3.34. The van der Waals surface area contributed by atoms with Gasteiger partial charge in [0.2, 0.25) is 5.91 Å². The van der Waals surface area contributed by atoms with Crippen LogP contribution < -0.4 is 0 Å². The standard InChI is InChI=1S/C9H19NO4S/c1-7(11)5-6-10(3)9(12)8(2)15(4,13)14/h7-8,11H,5-6H2,1-4H3. The van der Waals surface area contributed by atoms with E-state index in [4.69, 9.17) is 5.11 Å². The maximum atomic E-state index is 11.6. The summed E-state index contributed by atoms with van der Waals surface area (Å²) in [7, 11) is -1.81. The number of hydrogen-bond donors (Lipinski definition) is 1. The monoisotopic (exact) mass is 237 g/mol. The largest absolute Gasteiger partial charge is 0.393 e. The number of amides is 1. The van der Waals surface area contributed by atoms with Crippen molar-refractivity contribution in [1.82, 2.24) is 4.90 Å². The molecule has 2 atom stereocenters. The first kappa shape index (κ1) is 14.4. The number of aliphatic hydroxyl groups excluding tert-OH is 1. The predicted molar refractivity (Wildman–Crippen MR) is 58.2 cm³/mol. The third-order valence-corrected chi connectivity index (χ3v) is 3.73. The van der Waals surface area contributed by atoms with E-state index in [1.54, 1.807) is 6.92 Å². The minimum absolute atomic E-state index is 0.357. The Balaban J connectivity index is 4.33. The van der Waals surface area contributed by atoms with Crippen LogP contribution in [0.15, 0.2) is 0 Å². The number of sulfone groups is 1. The van der Waals surface area contributed by atoms with Gasteiger partial charge in [0.05, 0.1) is 6.10 Å². The molecule has 0 spiro atoms. The second-order valence-electron chi connectivity index (χ2n) is 3.87. The summed E-state index contributed by atoms with van der Waals surface area (Å²) in [4.78, 5) is 12.9. The zero-order chi connectivity index (χ0) is 12.2. The van der Waals surface area contributed by atoms with Crippen LogP contribution in [0.3, 0.4) is 0 Å². The van der Waals surface area contributed by atoms with E-state index in [2.05, 4.69) is 0 Å². The molecule has 5 nitrogen and oxygen atoms in total. The average Bonchev–Trinajstić information content (AvgIpc) is 2.10. The first-order valence-electron chi connectivity index (χ1n) is 4.78. The maximum Gasteiger partial charge on any atom is 0.240 e. The Morgan fingerprint density at radius 2 is 1.87 bits per heavy atom. The number of hydrogen-bond acceptors (Lipinski definition) is 4. The van der Waals surface area contributed by atoms with Gasteiger partial charge >= 0.3 is 0 Å². The van der Waals surface area contributed by atoms with Crippen molar-refractivity contribution in [3.8, 4) is 0 Å². The molecule has 0 aliphatic heterocycles. The van der Waals surface area contributed by atoms with Gasteiger partial charge in [0.25, 0.3) is 0 Å². The van der Waals surface area contributed by atoms with Gasteiger partial charge in [-0.05, 0) is 20.3 Å². The van der Waals surface area contributed by atoms with E-state index in [-0.39, 0.29) is 0 Å². The first-order valence-corrected chi connectivity index (χ1v) is 6.73. The van der Waals surface area contributed by atoms with Gasteiger partial charge in [0.1, 0.15) is 5.25 Å². The smallest absolute Gasteiger partial charge is 0.240 e. The number of aliphatic hydroxyl groups is 1. The molecule has 0 fully saturated rings. The number of carbonyl (C=O) groups is 1. The van der Waals surface area contributed by atoms with Crippen LogP contribution in [0.2, 0.25) is 0 Å². The molecule has 1 N–H and O–H groups in total. The molecular formula is C9H19NO4S. The summed E-state index contributed by atoms with van der Waals surface area (Å²) < 4.78 is 22.2. The molecule has 0 aromatic rings. The number of nitrogens with zero attached hydrogens (tertiary/aromatic N) is 1. The van der Waals surface area contributed by atoms with Gasteiger partial charge in [-0.2, -0.15) is 0 Å². The quantitative estimate of drug-likeness (QED) is 0.709. The van der Waals surface area contributed by atoms with E-state index >= 15 is 0 Å². The molecule has 0 saturated carbocycles. The summed E-state index contributed by atoms with van der Waals surface area (Å²) in [5, 5.41) is 8.01. The molecule has 15 heavy (non-hydrogen) atoms. The molecule has 0 heterocycles. The summed E-state index contributed by atoms with van der Waals surface area (Å²) in [5.41, 5.74) is 0. The molecule has 0 aromatic carbocycles. The molecule has 0 aliphatic rings. The summed E-state index contributed by atoms with van der Waals surface area (Å²) in [6.45, 7) is 3.35. The predicted octanol–water partition coefficient (Wildman–Crippen LogP) is -0.351. The van der Waals surface area contributed by atoms with E-state index < -0.39 is 27.1 Å². The molecule has 0 saturated heterocycles. The fraction of sp³-hybridized carbons (Fsp3) is 0.889. The lowest BCUT2D eigenvalue weighted by Crippen LogP contribution is -2.39. The Labute approximate surface area is 91.0 Å². The van der Waals surface area contributed by atoms with Gasteiger partial charge in [-0.15, -0.1) is 0 Å². The fourth-order valence-electron chi connectivity index (χ4n) is 0.984. The lowest BCUT2D eigenvalue weighted by molar-refractivity contribution is -0.129. The molecule has 2 unspecified atom stereocenters. The zero-order valence-corrected chi connectivity index (χ0v) is 10.4. The van der Waals surface area contributed by atoms with Gasteiger partial charge in [-0.3, -0.25) is 4.79 Å². The van der Waals surface area contributed by atoms with E-state index in [9.17, 15) is 13.2 Å². The second-order valence-corrected chi connectivity index (χ2v) is 6.24. The van der Waals surface area contributed by atoms with E-state index in [1.807, 2.05) is 0 Å². The first-order chi connectivity index (χ1) is 6.66. The second kappa shape index (κ2) is 5.46. The van der Waals surface area contributed by atoms with Crippen molar-refractivity contribution in [3.05, 3.63) is 0 Å².